The van der Waals surface area contributed by atoms with E-state index in [4.69, 9.17) is 0 Å². The maximum atomic E-state index is 13.1. The van der Waals surface area contributed by atoms with E-state index < -0.39 is 22.0 Å². The van der Waals surface area contributed by atoms with Gasteiger partial charge in [-0.3, -0.25) is 14.4 Å². The number of nitrogens with zero attached hydrogens (tertiary/aromatic N) is 3. The van der Waals surface area contributed by atoms with Gasteiger partial charge in [0.25, 0.3) is 0 Å². The molecule has 1 unspecified atom stereocenters. The Hall–Kier alpha value is -2.78. The molecule has 164 valence electrons. The average Bonchev–Trinajstić information content (AvgIpc) is 3.16. The summed E-state index contributed by atoms with van der Waals surface area (Å²) >= 11 is 1.25. The summed E-state index contributed by atoms with van der Waals surface area (Å²) in [7, 11) is -3.71. The first-order valence-corrected chi connectivity index (χ1v) is 12.5. The standard InChI is InChI=1S/C22H26N4O3S2/c1-6-18(26(31(5,28)29)19-13-15(3)7-10-16(19)4)20(27)23-22-25-24-21(30-22)17-11-8-14(2)9-12-17/h7-13,18H,6H2,1-5H3,(H,23,25,27). The summed E-state index contributed by atoms with van der Waals surface area (Å²) < 4.78 is 26.6. The largest absolute Gasteiger partial charge is 0.299 e. The van der Waals surface area contributed by atoms with Gasteiger partial charge in [0.15, 0.2) is 0 Å². The van der Waals surface area contributed by atoms with Crippen molar-refractivity contribution in [3.63, 3.8) is 0 Å². The van der Waals surface area contributed by atoms with E-state index in [1.54, 1.807) is 13.0 Å². The Morgan fingerprint density at radius 3 is 2.32 bits per heavy atom. The summed E-state index contributed by atoms with van der Waals surface area (Å²) in [5, 5.41) is 12.0. The maximum absolute atomic E-state index is 13.1. The number of amides is 1. The molecule has 0 fully saturated rings. The zero-order chi connectivity index (χ0) is 22.8. The number of aromatic nitrogens is 2. The average molecular weight is 459 g/mol. The lowest BCUT2D eigenvalue weighted by Crippen LogP contribution is -2.47. The molecule has 1 heterocycles. The highest BCUT2D eigenvalue weighted by Gasteiger charge is 2.33. The molecule has 0 aliphatic rings. The molecule has 1 N–H and O–H groups in total. The van der Waals surface area contributed by atoms with Crippen molar-refractivity contribution < 1.29 is 13.2 Å². The Kier molecular flexibility index (Phi) is 6.76. The highest BCUT2D eigenvalue weighted by molar-refractivity contribution is 7.92. The van der Waals surface area contributed by atoms with Gasteiger partial charge >= 0.3 is 0 Å². The third kappa shape index (κ3) is 5.29. The summed E-state index contributed by atoms with van der Waals surface area (Å²) in [5.74, 6) is -0.444. The fourth-order valence-electron chi connectivity index (χ4n) is 3.27. The van der Waals surface area contributed by atoms with Gasteiger partial charge in [0, 0.05) is 5.56 Å². The van der Waals surface area contributed by atoms with Crippen LogP contribution >= 0.6 is 11.3 Å². The SMILES string of the molecule is CCC(C(=O)Nc1nnc(-c2ccc(C)cc2)s1)N(c1cc(C)ccc1C)S(C)(=O)=O. The summed E-state index contributed by atoms with van der Waals surface area (Å²) in [4.78, 5) is 13.1. The van der Waals surface area contributed by atoms with Crippen molar-refractivity contribution in [3.05, 3.63) is 59.2 Å². The van der Waals surface area contributed by atoms with E-state index in [1.165, 1.54) is 15.6 Å². The summed E-state index contributed by atoms with van der Waals surface area (Å²) in [6, 6.07) is 12.5. The van der Waals surface area contributed by atoms with Crippen molar-refractivity contribution in [1.82, 2.24) is 10.2 Å². The lowest BCUT2D eigenvalue weighted by Gasteiger charge is -2.31. The molecule has 7 nitrogen and oxygen atoms in total. The van der Waals surface area contributed by atoms with E-state index in [9.17, 15) is 13.2 Å². The van der Waals surface area contributed by atoms with Crippen LogP contribution in [0.15, 0.2) is 42.5 Å². The minimum Gasteiger partial charge on any atom is -0.299 e. The van der Waals surface area contributed by atoms with Gasteiger partial charge < -0.3 is 0 Å². The van der Waals surface area contributed by atoms with Gasteiger partial charge in [0.2, 0.25) is 21.1 Å². The van der Waals surface area contributed by atoms with Crippen molar-refractivity contribution in [2.24, 2.45) is 0 Å². The Balaban J connectivity index is 1.89. The first kappa shape index (κ1) is 22.9. The molecule has 0 aliphatic carbocycles. The number of anilines is 2. The molecule has 1 amide bonds. The molecule has 1 atom stereocenters. The zero-order valence-electron chi connectivity index (χ0n) is 18.2. The molecular formula is C22H26N4O3S2. The fourth-order valence-corrected chi connectivity index (χ4v) is 5.28. The Labute approximate surface area is 187 Å². The second-order valence-corrected chi connectivity index (χ2v) is 10.4. The number of rotatable bonds is 7. The molecule has 1 aromatic heterocycles. The first-order chi connectivity index (χ1) is 14.6. The Morgan fingerprint density at radius 1 is 1.06 bits per heavy atom. The lowest BCUT2D eigenvalue weighted by atomic mass is 10.1. The van der Waals surface area contributed by atoms with Crippen LogP contribution in [0.4, 0.5) is 10.8 Å². The maximum Gasteiger partial charge on any atom is 0.250 e. The number of carbonyl (C=O) groups excluding carboxylic acids is 1. The predicted molar refractivity (Wildman–Crippen MR) is 126 cm³/mol. The van der Waals surface area contributed by atoms with E-state index >= 15 is 0 Å². The number of hydrogen-bond acceptors (Lipinski definition) is 6. The number of benzene rings is 2. The van der Waals surface area contributed by atoms with Crippen molar-refractivity contribution in [1.29, 1.82) is 0 Å². The molecule has 0 aliphatic heterocycles. The van der Waals surface area contributed by atoms with Crippen LogP contribution in [0.2, 0.25) is 0 Å². The molecule has 31 heavy (non-hydrogen) atoms. The zero-order valence-corrected chi connectivity index (χ0v) is 19.8. The number of hydrogen-bond donors (Lipinski definition) is 1. The third-order valence-electron chi connectivity index (χ3n) is 4.89. The van der Waals surface area contributed by atoms with E-state index in [0.29, 0.717) is 22.2 Å². The van der Waals surface area contributed by atoms with Crippen LogP contribution in [0.3, 0.4) is 0 Å². The molecule has 0 spiro atoms. The molecule has 3 aromatic rings. The second-order valence-electron chi connectivity index (χ2n) is 7.54. The van der Waals surface area contributed by atoms with Crippen molar-refractivity contribution in [3.8, 4) is 10.6 Å². The first-order valence-electron chi connectivity index (χ1n) is 9.88. The molecular weight excluding hydrogens is 432 g/mol. The lowest BCUT2D eigenvalue weighted by molar-refractivity contribution is -0.117. The minimum absolute atomic E-state index is 0.301. The molecule has 9 heteroatoms. The van der Waals surface area contributed by atoms with Crippen LogP contribution in [0.25, 0.3) is 10.6 Å². The molecule has 0 radical (unpaired) electrons. The molecule has 2 aromatic carbocycles. The minimum atomic E-state index is -3.71. The van der Waals surface area contributed by atoms with Gasteiger partial charge in [-0.15, -0.1) is 10.2 Å². The van der Waals surface area contributed by atoms with E-state index in [1.807, 2.05) is 57.2 Å². The number of sulfonamides is 1. The highest BCUT2D eigenvalue weighted by atomic mass is 32.2. The predicted octanol–water partition coefficient (Wildman–Crippen LogP) is 4.31. The smallest absolute Gasteiger partial charge is 0.250 e. The molecule has 0 saturated carbocycles. The van der Waals surface area contributed by atoms with Crippen LogP contribution in [0.1, 0.15) is 30.0 Å². The van der Waals surface area contributed by atoms with Crippen LogP contribution in [0, 0.1) is 20.8 Å². The fraction of sp³-hybridized carbons (Fsp3) is 0.318. The number of carbonyl (C=O) groups is 1. The summed E-state index contributed by atoms with van der Waals surface area (Å²) in [5.41, 5.74) is 4.24. The highest BCUT2D eigenvalue weighted by Crippen LogP contribution is 2.30. The topological polar surface area (TPSA) is 92.3 Å². The van der Waals surface area contributed by atoms with Gasteiger partial charge in [-0.05, 0) is 44.4 Å². The second kappa shape index (κ2) is 9.15. The Bertz CT molecular complexity index is 1190. The molecule has 0 saturated heterocycles. The summed E-state index contributed by atoms with van der Waals surface area (Å²) in [6.07, 6.45) is 1.42. The van der Waals surface area contributed by atoms with E-state index in [-0.39, 0.29) is 0 Å². The Morgan fingerprint density at radius 2 is 1.71 bits per heavy atom. The molecule has 0 bridgehead atoms. The van der Waals surface area contributed by atoms with Gasteiger partial charge in [-0.2, -0.15) is 0 Å². The van der Waals surface area contributed by atoms with Crippen LogP contribution in [0.5, 0.6) is 0 Å². The third-order valence-corrected chi connectivity index (χ3v) is 6.94. The monoisotopic (exact) mass is 458 g/mol. The number of aryl methyl sites for hydroxylation is 3. The van der Waals surface area contributed by atoms with Crippen LogP contribution < -0.4 is 9.62 Å². The van der Waals surface area contributed by atoms with Crippen molar-refractivity contribution in [2.45, 2.75) is 40.2 Å². The van der Waals surface area contributed by atoms with Gasteiger partial charge in [0.05, 0.1) is 11.9 Å². The van der Waals surface area contributed by atoms with Crippen molar-refractivity contribution in [2.75, 3.05) is 15.9 Å². The number of nitrogens with one attached hydrogen (secondary N) is 1. The van der Waals surface area contributed by atoms with E-state index in [2.05, 4.69) is 15.5 Å². The van der Waals surface area contributed by atoms with E-state index in [0.717, 1.165) is 28.5 Å². The molecule has 3 rings (SSSR count). The summed E-state index contributed by atoms with van der Waals surface area (Å²) in [6.45, 7) is 7.50. The van der Waals surface area contributed by atoms with Crippen LogP contribution in [-0.2, 0) is 14.8 Å². The van der Waals surface area contributed by atoms with Crippen LogP contribution in [-0.4, -0.2) is 36.8 Å². The van der Waals surface area contributed by atoms with Crippen molar-refractivity contribution >= 4 is 38.1 Å². The normalized spacial score (nSPS) is 12.4. The quantitative estimate of drug-likeness (QED) is 0.569. The van der Waals surface area contributed by atoms with Gasteiger partial charge in [-0.25, -0.2) is 8.42 Å². The van der Waals surface area contributed by atoms with Gasteiger partial charge in [-0.1, -0.05) is 60.2 Å². The van der Waals surface area contributed by atoms with Gasteiger partial charge in [0.1, 0.15) is 11.0 Å².